The fraction of sp³-hybridized carbons (Fsp3) is 0.250. The number of alkyl halides is 2. The van der Waals surface area contributed by atoms with Crippen molar-refractivity contribution in [1.29, 1.82) is 0 Å². The van der Waals surface area contributed by atoms with Crippen LogP contribution in [-0.4, -0.2) is 17.3 Å². The summed E-state index contributed by atoms with van der Waals surface area (Å²) in [6.07, 6.45) is -1.72. The fourth-order valence-corrected chi connectivity index (χ4v) is 1.71. The number of hydrogen-bond donors (Lipinski definition) is 0. The van der Waals surface area contributed by atoms with Crippen molar-refractivity contribution in [3.8, 4) is 5.75 Å². The zero-order valence-corrected chi connectivity index (χ0v) is 9.77. The molecule has 0 unspecified atom stereocenters. The number of rotatable bonds is 3. The summed E-state index contributed by atoms with van der Waals surface area (Å²) in [6, 6.07) is 0. The van der Waals surface area contributed by atoms with Gasteiger partial charge in [-0.1, -0.05) is 0 Å². The van der Waals surface area contributed by atoms with Crippen LogP contribution in [0.2, 0.25) is 0 Å². The number of halogens is 4. The quantitative estimate of drug-likeness (QED) is 0.636. The van der Waals surface area contributed by atoms with Crippen molar-refractivity contribution < 1.29 is 18.3 Å². The third-order valence-electron chi connectivity index (χ3n) is 1.67. The molecule has 0 aliphatic carbocycles. The van der Waals surface area contributed by atoms with Gasteiger partial charge in [0.1, 0.15) is 10.4 Å². The van der Waals surface area contributed by atoms with Crippen LogP contribution < -0.4 is 4.74 Å². The summed E-state index contributed by atoms with van der Waals surface area (Å²) >= 11 is 8.03. The maximum atomic E-state index is 12.6. The number of carbonyl (C=O) groups excluding carboxylic acids is 1. The molecule has 82 valence electrons. The minimum atomic E-state index is -2.86. The predicted octanol–water partition coefficient (Wildman–Crippen LogP) is 3.17. The van der Waals surface area contributed by atoms with E-state index in [1.807, 2.05) is 0 Å². The largest absolute Gasteiger partial charge is 0.494 e. The lowest BCUT2D eigenvalue weighted by atomic mass is 10.1. The Morgan fingerprint density at radius 1 is 1.67 bits per heavy atom. The standard InChI is InChI=1S/C8H5BrClF2NO2/c1-15-3-2-13-6(9)5(8(11)12)4(3)7(10)14/h2,8H,1H3. The van der Waals surface area contributed by atoms with E-state index in [1.54, 1.807) is 0 Å². The molecule has 7 heteroatoms. The molecular weight excluding hydrogens is 295 g/mol. The molecule has 0 aromatic carbocycles. The first-order valence-corrected chi connectivity index (χ1v) is 4.86. The van der Waals surface area contributed by atoms with Gasteiger partial charge in [0.25, 0.3) is 11.7 Å². The molecule has 1 aromatic heterocycles. The lowest BCUT2D eigenvalue weighted by Crippen LogP contribution is -2.04. The number of methoxy groups -OCH3 is 1. The van der Waals surface area contributed by atoms with Gasteiger partial charge in [0.2, 0.25) is 0 Å². The lowest BCUT2D eigenvalue weighted by molar-refractivity contribution is 0.106. The molecule has 0 aliphatic heterocycles. The van der Waals surface area contributed by atoms with Crippen molar-refractivity contribution in [3.63, 3.8) is 0 Å². The molecule has 0 N–H and O–H groups in total. The van der Waals surface area contributed by atoms with Crippen molar-refractivity contribution in [2.45, 2.75) is 6.43 Å². The third kappa shape index (κ3) is 2.43. The molecule has 0 amide bonds. The molecule has 0 atom stereocenters. The molecule has 0 spiro atoms. The zero-order valence-electron chi connectivity index (χ0n) is 7.43. The SMILES string of the molecule is COc1cnc(Br)c(C(F)F)c1C(=O)Cl. The summed E-state index contributed by atoms with van der Waals surface area (Å²) in [7, 11) is 1.24. The Labute approximate surface area is 97.5 Å². The Morgan fingerprint density at radius 2 is 2.27 bits per heavy atom. The van der Waals surface area contributed by atoms with Crippen molar-refractivity contribution in [2.75, 3.05) is 7.11 Å². The van der Waals surface area contributed by atoms with Gasteiger partial charge in [0, 0.05) is 0 Å². The highest BCUT2D eigenvalue weighted by atomic mass is 79.9. The minimum absolute atomic E-state index is 0.0755. The number of hydrogen-bond acceptors (Lipinski definition) is 3. The normalized spacial score (nSPS) is 10.5. The molecule has 15 heavy (non-hydrogen) atoms. The van der Waals surface area contributed by atoms with E-state index < -0.39 is 17.2 Å². The Balaban J connectivity index is 3.51. The van der Waals surface area contributed by atoms with E-state index in [2.05, 4.69) is 20.9 Å². The summed E-state index contributed by atoms with van der Waals surface area (Å²) in [6.45, 7) is 0. The van der Waals surface area contributed by atoms with Crippen LogP contribution in [0.4, 0.5) is 8.78 Å². The van der Waals surface area contributed by atoms with E-state index in [9.17, 15) is 13.6 Å². The van der Waals surface area contributed by atoms with E-state index in [0.29, 0.717) is 0 Å². The van der Waals surface area contributed by atoms with Gasteiger partial charge in [-0.15, -0.1) is 0 Å². The molecule has 0 aliphatic rings. The van der Waals surface area contributed by atoms with Crippen molar-refractivity contribution in [1.82, 2.24) is 4.98 Å². The monoisotopic (exact) mass is 299 g/mol. The molecule has 1 aromatic rings. The number of pyridine rings is 1. The maximum absolute atomic E-state index is 12.6. The van der Waals surface area contributed by atoms with Crippen LogP contribution in [0.15, 0.2) is 10.8 Å². The van der Waals surface area contributed by atoms with E-state index in [4.69, 9.17) is 16.3 Å². The topological polar surface area (TPSA) is 39.2 Å². The first kappa shape index (κ1) is 12.3. The van der Waals surface area contributed by atoms with Gasteiger partial charge in [-0.05, 0) is 27.5 Å². The van der Waals surface area contributed by atoms with Crippen LogP contribution in [0.1, 0.15) is 22.3 Å². The molecule has 0 bridgehead atoms. The van der Waals surface area contributed by atoms with Gasteiger partial charge in [0.05, 0.1) is 24.4 Å². The van der Waals surface area contributed by atoms with Gasteiger partial charge in [0.15, 0.2) is 0 Å². The average Bonchev–Trinajstić information content (AvgIpc) is 2.16. The Bertz CT molecular complexity index is 400. The van der Waals surface area contributed by atoms with E-state index in [0.717, 1.165) is 6.20 Å². The fourth-order valence-electron chi connectivity index (χ4n) is 1.04. The molecular formula is C8H5BrClF2NO2. The average molecular weight is 300 g/mol. The summed E-state index contributed by atoms with van der Waals surface area (Å²) in [5.74, 6) is -0.0755. The summed E-state index contributed by atoms with van der Waals surface area (Å²) in [4.78, 5) is 14.6. The van der Waals surface area contributed by atoms with E-state index in [1.165, 1.54) is 7.11 Å². The molecule has 0 radical (unpaired) electrons. The van der Waals surface area contributed by atoms with E-state index >= 15 is 0 Å². The Morgan fingerprint density at radius 3 is 2.67 bits per heavy atom. The van der Waals surface area contributed by atoms with Gasteiger partial charge >= 0.3 is 0 Å². The molecule has 1 rings (SSSR count). The highest BCUT2D eigenvalue weighted by Crippen LogP contribution is 2.35. The molecule has 0 saturated carbocycles. The maximum Gasteiger partial charge on any atom is 0.267 e. The smallest absolute Gasteiger partial charge is 0.267 e. The number of aromatic nitrogens is 1. The van der Waals surface area contributed by atoms with Gasteiger partial charge in [-0.3, -0.25) is 4.79 Å². The molecule has 3 nitrogen and oxygen atoms in total. The summed E-state index contributed by atoms with van der Waals surface area (Å²) in [5.41, 5.74) is -0.926. The second-order valence-corrected chi connectivity index (χ2v) is 3.57. The lowest BCUT2D eigenvalue weighted by Gasteiger charge is -2.10. The summed E-state index contributed by atoms with van der Waals surface area (Å²) in [5, 5.41) is -1.01. The first-order valence-electron chi connectivity index (χ1n) is 3.69. The predicted molar refractivity (Wildman–Crippen MR) is 53.6 cm³/mol. The van der Waals surface area contributed by atoms with Gasteiger partial charge < -0.3 is 4.74 Å². The Kier molecular flexibility index (Phi) is 3.98. The minimum Gasteiger partial charge on any atom is -0.494 e. The number of carbonyl (C=O) groups is 1. The van der Waals surface area contributed by atoms with Crippen LogP contribution in [0.5, 0.6) is 5.75 Å². The van der Waals surface area contributed by atoms with Gasteiger partial charge in [-0.2, -0.15) is 0 Å². The van der Waals surface area contributed by atoms with Crippen LogP contribution in [0.25, 0.3) is 0 Å². The van der Waals surface area contributed by atoms with Crippen LogP contribution in [0.3, 0.4) is 0 Å². The first-order chi connectivity index (χ1) is 6.99. The second kappa shape index (κ2) is 4.85. The zero-order chi connectivity index (χ0) is 11.6. The van der Waals surface area contributed by atoms with Crippen LogP contribution in [0, 0.1) is 0 Å². The van der Waals surface area contributed by atoms with Crippen molar-refractivity contribution >= 4 is 32.8 Å². The molecule has 0 fully saturated rings. The summed E-state index contributed by atoms with van der Waals surface area (Å²) < 4.78 is 29.9. The van der Waals surface area contributed by atoms with Gasteiger partial charge in [-0.25, -0.2) is 13.8 Å². The van der Waals surface area contributed by atoms with Crippen molar-refractivity contribution in [3.05, 3.63) is 21.9 Å². The molecule has 0 saturated heterocycles. The third-order valence-corrected chi connectivity index (χ3v) is 2.49. The van der Waals surface area contributed by atoms with Crippen molar-refractivity contribution in [2.24, 2.45) is 0 Å². The highest BCUT2D eigenvalue weighted by Gasteiger charge is 2.25. The van der Waals surface area contributed by atoms with Crippen LogP contribution >= 0.6 is 27.5 Å². The molecule has 1 heterocycles. The second-order valence-electron chi connectivity index (χ2n) is 2.48. The highest BCUT2D eigenvalue weighted by molar-refractivity contribution is 9.10. The Hall–Kier alpha value is -0.750. The van der Waals surface area contributed by atoms with Crippen LogP contribution in [-0.2, 0) is 0 Å². The number of nitrogens with zero attached hydrogens (tertiary/aromatic N) is 1. The van der Waals surface area contributed by atoms with E-state index in [-0.39, 0.29) is 15.9 Å². The number of ether oxygens (including phenoxy) is 1.